The van der Waals surface area contributed by atoms with Gasteiger partial charge in [0.1, 0.15) is 12.1 Å². The second kappa shape index (κ2) is 12.3. The van der Waals surface area contributed by atoms with Crippen LogP contribution in [0.4, 0.5) is 9.59 Å². The molecular formula is C25H43N4O6+. The Balaban J connectivity index is 1.69. The Hall–Kier alpha value is -2.04. The summed E-state index contributed by atoms with van der Waals surface area (Å²) in [6.07, 6.45) is 8.62. The van der Waals surface area contributed by atoms with Crippen LogP contribution in [-0.4, -0.2) is 89.5 Å². The maximum atomic E-state index is 13.9. The standard InChI is InChI=1S/C25H42N4O6/c1-18-7-6-14-29(18,23(31)20(16-28(34)17-30)15-19-8-4-5-9-19)24(32)26-25(33)35-22-12-10-21(11-13-22)27(2)3/h17-22,34H,4-16H2,1-3H3/p+1/t18-,20-,21?,22?,29?/m1/s1. The van der Waals surface area contributed by atoms with Crippen LogP contribution in [0.25, 0.3) is 0 Å². The first kappa shape index (κ1) is 27.5. The van der Waals surface area contributed by atoms with E-state index in [-0.39, 0.29) is 31.0 Å². The molecule has 10 heteroatoms. The van der Waals surface area contributed by atoms with Gasteiger partial charge in [-0.05, 0) is 59.0 Å². The fourth-order valence-corrected chi connectivity index (χ4v) is 6.35. The lowest BCUT2D eigenvalue weighted by Crippen LogP contribution is -2.65. The number of alkyl carbamates (subject to hydrolysis) is 1. The van der Waals surface area contributed by atoms with Crippen molar-refractivity contribution in [2.45, 2.75) is 95.7 Å². The average molecular weight is 496 g/mol. The number of rotatable bonds is 8. The van der Waals surface area contributed by atoms with Gasteiger partial charge in [0.05, 0.1) is 19.0 Å². The van der Waals surface area contributed by atoms with E-state index in [9.17, 15) is 24.4 Å². The molecule has 2 saturated carbocycles. The predicted octanol–water partition coefficient (Wildman–Crippen LogP) is 3.28. The number of nitrogens with zero attached hydrogens (tertiary/aromatic N) is 3. The first-order valence-electron chi connectivity index (χ1n) is 13.2. The molecule has 3 fully saturated rings. The number of quaternary nitrogens is 1. The highest BCUT2D eigenvalue weighted by Crippen LogP contribution is 2.36. The van der Waals surface area contributed by atoms with E-state index >= 15 is 0 Å². The molecule has 2 N–H and O–H groups in total. The largest absolute Gasteiger partial charge is 0.446 e. The summed E-state index contributed by atoms with van der Waals surface area (Å²) in [7, 11) is 4.08. The molecule has 0 radical (unpaired) electrons. The van der Waals surface area contributed by atoms with E-state index in [2.05, 4.69) is 10.2 Å². The monoisotopic (exact) mass is 495 g/mol. The average Bonchev–Trinajstić information content (AvgIpc) is 3.48. The van der Waals surface area contributed by atoms with Gasteiger partial charge in [-0.1, -0.05) is 25.7 Å². The molecule has 198 valence electrons. The van der Waals surface area contributed by atoms with Crippen molar-refractivity contribution in [3.8, 4) is 0 Å². The molecule has 3 aliphatic rings. The maximum absolute atomic E-state index is 13.9. The molecule has 0 aromatic carbocycles. The fourth-order valence-electron chi connectivity index (χ4n) is 6.35. The Morgan fingerprint density at radius 2 is 1.71 bits per heavy atom. The molecule has 0 bridgehead atoms. The number of amides is 5. The van der Waals surface area contributed by atoms with Crippen LogP contribution in [0.5, 0.6) is 0 Å². The van der Waals surface area contributed by atoms with Crippen molar-refractivity contribution in [3.05, 3.63) is 0 Å². The predicted molar refractivity (Wildman–Crippen MR) is 128 cm³/mol. The van der Waals surface area contributed by atoms with Gasteiger partial charge in [0.2, 0.25) is 6.41 Å². The normalized spacial score (nSPS) is 30.1. The van der Waals surface area contributed by atoms with Crippen molar-refractivity contribution in [1.29, 1.82) is 0 Å². The molecule has 1 aliphatic heterocycles. The van der Waals surface area contributed by atoms with E-state index in [4.69, 9.17) is 4.74 Å². The zero-order valence-electron chi connectivity index (χ0n) is 21.5. The van der Waals surface area contributed by atoms with Crippen molar-refractivity contribution in [2.24, 2.45) is 11.8 Å². The summed E-state index contributed by atoms with van der Waals surface area (Å²) < 4.78 is 5.06. The van der Waals surface area contributed by atoms with Crippen molar-refractivity contribution < 1.29 is 33.6 Å². The van der Waals surface area contributed by atoms with Gasteiger partial charge in [0.15, 0.2) is 0 Å². The van der Waals surface area contributed by atoms with Gasteiger partial charge >= 0.3 is 18.0 Å². The molecule has 35 heavy (non-hydrogen) atoms. The lowest BCUT2D eigenvalue weighted by atomic mass is 9.91. The van der Waals surface area contributed by atoms with Crippen LogP contribution in [-0.2, 0) is 14.3 Å². The molecule has 2 aliphatic carbocycles. The lowest BCUT2D eigenvalue weighted by molar-refractivity contribution is -0.786. The highest BCUT2D eigenvalue weighted by molar-refractivity contribution is 5.93. The Labute approximate surface area is 208 Å². The molecule has 1 heterocycles. The van der Waals surface area contributed by atoms with E-state index in [1.807, 2.05) is 21.0 Å². The van der Waals surface area contributed by atoms with Crippen LogP contribution in [0.2, 0.25) is 0 Å². The van der Waals surface area contributed by atoms with Gasteiger partial charge in [-0.15, -0.1) is 0 Å². The van der Waals surface area contributed by atoms with Gasteiger partial charge in [-0.3, -0.25) is 10.0 Å². The number of likely N-dealkylation sites (tertiary alicyclic amines) is 1. The Morgan fingerprint density at radius 1 is 1.06 bits per heavy atom. The third-order valence-electron chi connectivity index (χ3n) is 8.47. The third-order valence-corrected chi connectivity index (χ3v) is 8.47. The first-order valence-corrected chi connectivity index (χ1v) is 13.2. The van der Waals surface area contributed by atoms with E-state index in [0.717, 1.165) is 51.4 Å². The summed E-state index contributed by atoms with van der Waals surface area (Å²) in [5, 5.41) is 12.7. The van der Waals surface area contributed by atoms with Crippen LogP contribution in [0.1, 0.15) is 77.6 Å². The van der Waals surface area contributed by atoms with E-state index in [1.54, 1.807) is 0 Å². The number of urea groups is 1. The minimum atomic E-state index is -0.809. The Bertz CT molecular complexity index is 763. The summed E-state index contributed by atoms with van der Waals surface area (Å²) in [5.41, 5.74) is 0. The molecule has 3 rings (SSSR count). The quantitative estimate of drug-likeness (QED) is 0.230. The second-order valence-electron chi connectivity index (χ2n) is 11.0. The second-order valence-corrected chi connectivity index (χ2v) is 11.0. The van der Waals surface area contributed by atoms with Gasteiger partial charge in [0.25, 0.3) is 0 Å². The molecule has 0 aromatic rings. The smallest absolute Gasteiger partial charge is 0.433 e. The highest BCUT2D eigenvalue weighted by Gasteiger charge is 2.55. The van der Waals surface area contributed by atoms with Crippen molar-refractivity contribution in [3.63, 3.8) is 0 Å². The zero-order chi connectivity index (χ0) is 25.6. The molecule has 0 aromatic heterocycles. The molecule has 5 amide bonds. The maximum Gasteiger partial charge on any atom is 0.433 e. The lowest BCUT2D eigenvalue weighted by Gasteiger charge is -2.36. The molecule has 10 nitrogen and oxygen atoms in total. The first-order chi connectivity index (χ1) is 16.7. The van der Waals surface area contributed by atoms with Gasteiger partial charge in [0, 0.05) is 18.9 Å². The summed E-state index contributed by atoms with van der Waals surface area (Å²) in [5.74, 6) is -0.691. The minimum Gasteiger partial charge on any atom is -0.446 e. The number of hydroxylamine groups is 2. The van der Waals surface area contributed by atoms with Crippen LogP contribution >= 0.6 is 0 Å². The van der Waals surface area contributed by atoms with Crippen LogP contribution in [0, 0.1) is 11.8 Å². The van der Waals surface area contributed by atoms with Crippen LogP contribution in [0.3, 0.4) is 0 Å². The Kier molecular flexibility index (Phi) is 9.66. The number of imide groups is 2. The van der Waals surface area contributed by atoms with Crippen LogP contribution < -0.4 is 5.32 Å². The number of hydrogen-bond donors (Lipinski definition) is 2. The zero-order valence-corrected chi connectivity index (χ0v) is 21.5. The summed E-state index contributed by atoms with van der Waals surface area (Å²) in [6.45, 7) is 1.99. The third kappa shape index (κ3) is 6.59. The molecular weight excluding hydrogens is 452 g/mol. The Morgan fingerprint density at radius 3 is 2.26 bits per heavy atom. The number of carbonyl (C=O) groups excluding carboxylic acids is 4. The number of nitrogens with one attached hydrogen (secondary N) is 1. The fraction of sp³-hybridized carbons (Fsp3) is 0.840. The van der Waals surface area contributed by atoms with Gasteiger partial charge in [-0.25, -0.2) is 24.8 Å². The number of ether oxygens (including phenoxy) is 1. The minimum absolute atomic E-state index is 0.154. The number of carbonyl (C=O) groups is 4. The molecule has 1 saturated heterocycles. The summed E-state index contributed by atoms with van der Waals surface area (Å²) in [4.78, 5) is 53.4. The van der Waals surface area contributed by atoms with Crippen molar-refractivity contribution in [1.82, 2.24) is 15.3 Å². The van der Waals surface area contributed by atoms with E-state index in [0.29, 0.717) is 42.8 Å². The number of hydrogen-bond acceptors (Lipinski definition) is 7. The van der Waals surface area contributed by atoms with Crippen molar-refractivity contribution >= 4 is 24.4 Å². The highest BCUT2D eigenvalue weighted by atomic mass is 16.6. The van der Waals surface area contributed by atoms with Gasteiger partial charge in [-0.2, -0.15) is 4.48 Å². The molecule has 1 unspecified atom stereocenters. The van der Waals surface area contributed by atoms with Gasteiger partial charge < -0.3 is 9.64 Å². The topological polar surface area (TPSA) is 116 Å². The van der Waals surface area contributed by atoms with E-state index in [1.165, 1.54) is 0 Å². The van der Waals surface area contributed by atoms with Crippen LogP contribution in [0.15, 0.2) is 0 Å². The molecule has 0 spiro atoms. The summed E-state index contributed by atoms with van der Waals surface area (Å²) >= 11 is 0. The van der Waals surface area contributed by atoms with E-state index < -0.39 is 22.5 Å². The summed E-state index contributed by atoms with van der Waals surface area (Å²) in [6, 6.07) is -0.509. The van der Waals surface area contributed by atoms with Crippen molar-refractivity contribution in [2.75, 3.05) is 27.2 Å². The molecule has 3 atom stereocenters. The SMILES string of the molecule is C[C@@H]1CCC[N+]1(C(=O)NC(=O)OC1CCC(N(C)C)CC1)C(=O)[C@H](CC1CCCC1)CN(O)C=O.